The molecule has 1 unspecified atom stereocenters. The molecule has 0 bridgehead atoms. The Bertz CT molecular complexity index is 530. The highest BCUT2D eigenvalue weighted by Crippen LogP contribution is 2.33. The largest absolute Gasteiger partial charge is 0.444 e. The lowest BCUT2D eigenvalue weighted by atomic mass is 10.1. The van der Waals surface area contributed by atoms with Gasteiger partial charge in [0.25, 0.3) is 0 Å². The molecule has 2 aromatic rings. The highest BCUT2D eigenvalue weighted by molar-refractivity contribution is 6.30. The Hall–Kier alpha value is -0.990. The van der Waals surface area contributed by atoms with Crippen molar-refractivity contribution in [1.82, 2.24) is 5.32 Å². The number of furan rings is 1. The molecule has 1 atom stereocenters. The quantitative estimate of drug-likeness (QED) is 0.887. The number of fused-ring (bicyclic) bond motifs is 1. The highest BCUT2D eigenvalue weighted by atomic mass is 35.5. The van der Waals surface area contributed by atoms with Gasteiger partial charge in [0.15, 0.2) is 5.22 Å². The van der Waals surface area contributed by atoms with Crippen LogP contribution in [-0.2, 0) is 6.54 Å². The molecule has 1 aliphatic rings. The van der Waals surface area contributed by atoms with Crippen LogP contribution < -0.4 is 5.32 Å². The zero-order chi connectivity index (χ0) is 11.8. The molecule has 0 saturated heterocycles. The molecule has 0 spiro atoms. The van der Waals surface area contributed by atoms with E-state index in [0.717, 1.165) is 29.0 Å². The first-order chi connectivity index (χ1) is 8.25. The summed E-state index contributed by atoms with van der Waals surface area (Å²) in [7, 11) is 0. The standard InChI is InChI=1S/C14H16ClNO/c1-9(10-6-7-10)16-8-12-11-4-2-3-5-13(11)17-14(12)15/h2-5,9-10,16H,6-8H2,1H3. The van der Waals surface area contributed by atoms with E-state index in [9.17, 15) is 0 Å². The van der Waals surface area contributed by atoms with Gasteiger partial charge in [0.1, 0.15) is 5.58 Å². The van der Waals surface area contributed by atoms with Crippen LogP contribution in [0, 0.1) is 5.92 Å². The molecule has 1 aromatic carbocycles. The molecular formula is C14H16ClNO. The van der Waals surface area contributed by atoms with Crippen molar-refractivity contribution in [3.05, 3.63) is 35.0 Å². The van der Waals surface area contributed by atoms with Gasteiger partial charge in [-0.1, -0.05) is 18.2 Å². The van der Waals surface area contributed by atoms with Crippen molar-refractivity contribution in [2.24, 2.45) is 5.92 Å². The summed E-state index contributed by atoms with van der Waals surface area (Å²) in [4.78, 5) is 0. The van der Waals surface area contributed by atoms with Crippen molar-refractivity contribution in [3.63, 3.8) is 0 Å². The van der Waals surface area contributed by atoms with E-state index >= 15 is 0 Å². The summed E-state index contributed by atoms with van der Waals surface area (Å²) in [5, 5.41) is 5.17. The normalized spacial score (nSPS) is 17.5. The van der Waals surface area contributed by atoms with Gasteiger partial charge < -0.3 is 9.73 Å². The monoisotopic (exact) mass is 249 g/mol. The van der Waals surface area contributed by atoms with E-state index in [0.29, 0.717) is 11.3 Å². The van der Waals surface area contributed by atoms with Gasteiger partial charge in [0.2, 0.25) is 0 Å². The summed E-state index contributed by atoms with van der Waals surface area (Å²) >= 11 is 6.14. The number of halogens is 1. The Labute approximate surface area is 106 Å². The van der Waals surface area contributed by atoms with Crippen LogP contribution >= 0.6 is 11.6 Å². The first-order valence-electron chi connectivity index (χ1n) is 6.15. The summed E-state index contributed by atoms with van der Waals surface area (Å²) in [6.07, 6.45) is 2.71. The molecule has 1 aliphatic carbocycles. The first kappa shape index (κ1) is 11.1. The number of para-hydroxylation sites is 1. The first-order valence-corrected chi connectivity index (χ1v) is 6.53. The zero-order valence-electron chi connectivity index (χ0n) is 9.87. The minimum Gasteiger partial charge on any atom is -0.444 e. The minimum atomic E-state index is 0.515. The van der Waals surface area contributed by atoms with E-state index in [-0.39, 0.29) is 0 Å². The molecule has 1 N–H and O–H groups in total. The van der Waals surface area contributed by atoms with Crippen LogP contribution in [0.5, 0.6) is 0 Å². The van der Waals surface area contributed by atoms with Crippen LogP contribution in [0.4, 0.5) is 0 Å². The van der Waals surface area contributed by atoms with Gasteiger partial charge in [-0.05, 0) is 43.4 Å². The Morgan fingerprint density at radius 2 is 2.18 bits per heavy atom. The Morgan fingerprint density at radius 3 is 2.94 bits per heavy atom. The lowest BCUT2D eigenvalue weighted by Gasteiger charge is -2.11. The number of hydrogen-bond acceptors (Lipinski definition) is 2. The third-order valence-corrected chi connectivity index (χ3v) is 3.88. The maximum atomic E-state index is 6.14. The number of nitrogens with one attached hydrogen (secondary N) is 1. The van der Waals surface area contributed by atoms with E-state index in [2.05, 4.69) is 18.3 Å². The maximum absolute atomic E-state index is 6.14. The number of hydrogen-bond donors (Lipinski definition) is 1. The van der Waals surface area contributed by atoms with Crippen LogP contribution in [0.1, 0.15) is 25.3 Å². The molecule has 0 amide bonds. The molecule has 0 radical (unpaired) electrons. The smallest absolute Gasteiger partial charge is 0.199 e. The summed E-state index contributed by atoms with van der Waals surface area (Å²) in [5.41, 5.74) is 1.95. The van der Waals surface area contributed by atoms with Crippen LogP contribution in [0.2, 0.25) is 5.22 Å². The van der Waals surface area contributed by atoms with E-state index in [1.54, 1.807) is 0 Å². The van der Waals surface area contributed by atoms with Gasteiger partial charge in [-0.3, -0.25) is 0 Å². The zero-order valence-corrected chi connectivity index (χ0v) is 10.6. The Kier molecular flexibility index (Phi) is 2.85. The molecule has 3 rings (SSSR count). The topological polar surface area (TPSA) is 25.2 Å². The highest BCUT2D eigenvalue weighted by Gasteiger charge is 2.27. The molecule has 1 aromatic heterocycles. The second-order valence-electron chi connectivity index (χ2n) is 4.86. The van der Waals surface area contributed by atoms with Crippen molar-refractivity contribution in [3.8, 4) is 0 Å². The summed E-state index contributed by atoms with van der Waals surface area (Å²) in [6, 6.07) is 8.56. The molecular weight excluding hydrogens is 234 g/mol. The maximum Gasteiger partial charge on any atom is 0.199 e. The second-order valence-corrected chi connectivity index (χ2v) is 5.20. The van der Waals surface area contributed by atoms with Gasteiger partial charge in [0.05, 0.1) is 0 Å². The fourth-order valence-corrected chi connectivity index (χ4v) is 2.51. The van der Waals surface area contributed by atoms with Gasteiger partial charge in [-0.15, -0.1) is 0 Å². The molecule has 0 aliphatic heterocycles. The van der Waals surface area contributed by atoms with Crippen LogP contribution in [-0.4, -0.2) is 6.04 Å². The third-order valence-electron chi connectivity index (χ3n) is 3.58. The van der Waals surface area contributed by atoms with Crippen molar-refractivity contribution in [2.45, 2.75) is 32.4 Å². The molecule has 1 fully saturated rings. The third kappa shape index (κ3) is 2.20. The van der Waals surface area contributed by atoms with E-state index in [1.807, 2.05) is 18.2 Å². The fourth-order valence-electron chi connectivity index (χ4n) is 2.26. The van der Waals surface area contributed by atoms with Crippen molar-refractivity contribution in [1.29, 1.82) is 0 Å². The lowest BCUT2D eigenvalue weighted by Crippen LogP contribution is -2.27. The van der Waals surface area contributed by atoms with Crippen LogP contribution in [0.25, 0.3) is 11.0 Å². The Balaban J connectivity index is 1.81. The van der Waals surface area contributed by atoms with Crippen molar-refractivity contribution >= 4 is 22.6 Å². The van der Waals surface area contributed by atoms with Crippen molar-refractivity contribution < 1.29 is 4.42 Å². The molecule has 2 nitrogen and oxygen atoms in total. The van der Waals surface area contributed by atoms with E-state index in [4.69, 9.17) is 16.0 Å². The molecule has 1 saturated carbocycles. The molecule has 3 heteroatoms. The molecule has 17 heavy (non-hydrogen) atoms. The van der Waals surface area contributed by atoms with Gasteiger partial charge >= 0.3 is 0 Å². The fraction of sp³-hybridized carbons (Fsp3) is 0.429. The van der Waals surface area contributed by atoms with Crippen LogP contribution in [0.3, 0.4) is 0 Å². The minimum absolute atomic E-state index is 0.515. The van der Waals surface area contributed by atoms with Crippen molar-refractivity contribution in [2.75, 3.05) is 0 Å². The predicted octanol–water partition coefficient (Wildman–Crippen LogP) is 3.97. The van der Waals surface area contributed by atoms with Gasteiger partial charge in [0, 0.05) is 23.5 Å². The number of rotatable bonds is 4. The average Bonchev–Trinajstić information content (AvgIpc) is 3.11. The van der Waals surface area contributed by atoms with E-state index < -0.39 is 0 Å². The second kappa shape index (κ2) is 4.35. The summed E-state index contributed by atoms with van der Waals surface area (Å²) in [5.74, 6) is 0.854. The van der Waals surface area contributed by atoms with Gasteiger partial charge in [-0.2, -0.15) is 0 Å². The molecule has 90 valence electrons. The predicted molar refractivity (Wildman–Crippen MR) is 70.2 cm³/mol. The van der Waals surface area contributed by atoms with Gasteiger partial charge in [-0.25, -0.2) is 0 Å². The number of benzene rings is 1. The SMILES string of the molecule is CC(NCc1c(Cl)oc2ccccc12)C1CC1. The van der Waals surface area contributed by atoms with Crippen LogP contribution in [0.15, 0.2) is 28.7 Å². The summed E-state index contributed by atoms with van der Waals surface area (Å²) in [6.45, 7) is 3.03. The Morgan fingerprint density at radius 1 is 1.41 bits per heavy atom. The summed E-state index contributed by atoms with van der Waals surface area (Å²) < 4.78 is 5.53. The average molecular weight is 250 g/mol. The lowest BCUT2D eigenvalue weighted by molar-refractivity contribution is 0.494. The molecule has 1 heterocycles. The van der Waals surface area contributed by atoms with E-state index in [1.165, 1.54) is 12.8 Å².